The maximum Gasteiger partial charge on any atom is 0.0411 e. The third kappa shape index (κ3) is 2.77. The van der Waals surface area contributed by atoms with Gasteiger partial charge in [-0.25, -0.2) is 0 Å². The Morgan fingerprint density at radius 3 is 2.73 bits per heavy atom. The minimum Gasteiger partial charge on any atom is -0.261 e. The normalized spacial score (nSPS) is 10.0. The molecule has 60 valence electrons. The van der Waals surface area contributed by atoms with E-state index in [0.29, 0.717) is 0 Å². The van der Waals surface area contributed by atoms with Crippen LogP contribution in [0.25, 0.3) is 0 Å². The molecule has 2 heteroatoms. The first-order valence-corrected chi connectivity index (χ1v) is 5.39. The lowest BCUT2D eigenvalue weighted by Crippen LogP contribution is -1.91. The molecule has 11 heavy (non-hydrogen) atoms. The van der Waals surface area contributed by atoms with E-state index in [-0.39, 0.29) is 0 Å². The van der Waals surface area contributed by atoms with Gasteiger partial charge in [0.05, 0.1) is 0 Å². The predicted molar refractivity (Wildman–Crippen MR) is 56.2 cm³/mol. The molecule has 0 saturated carbocycles. The van der Waals surface area contributed by atoms with Gasteiger partial charge >= 0.3 is 0 Å². The summed E-state index contributed by atoms with van der Waals surface area (Å²) in [6, 6.07) is 4.28. The van der Waals surface area contributed by atoms with Gasteiger partial charge in [0, 0.05) is 16.3 Å². The van der Waals surface area contributed by atoms with Gasteiger partial charge in [0.1, 0.15) is 0 Å². The molecular formula is C9H12IN. The molecule has 0 radical (unpaired) electrons. The van der Waals surface area contributed by atoms with E-state index in [9.17, 15) is 0 Å². The molecule has 0 aromatic carbocycles. The summed E-state index contributed by atoms with van der Waals surface area (Å²) < 4.78 is 1.15. The first-order valence-electron chi connectivity index (χ1n) is 3.86. The second-order valence-corrected chi connectivity index (χ2v) is 3.53. The zero-order valence-electron chi connectivity index (χ0n) is 6.68. The van der Waals surface area contributed by atoms with Crippen LogP contribution in [0.1, 0.15) is 18.2 Å². The van der Waals surface area contributed by atoms with Crippen LogP contribution in [0.15, 0.2) is 18.3 Å². The fourth-order valence-electron chi connectivity index (χ4n) is 0.909. The van der Waals surface area contributed by atoms with E-state index in [4.69, 9.17) is 0 Å². The highest BCUT2D eigenvalue weighted by molar-refractivity contribution is 14.1. The molecule has 0 aliphatic rings. The van der Waals surface area contributed by atoms with Gasteiger partial charge in [-0.3, -0.25) is 4.98 Å². The average Bonchev–Trinajstić information content (AvgIpc) is 2.07. The smallest absolute Gasteiger partial charge is 0.0411 e. The fraction of sp³-hybridized carbons (Fsp3) is 0.444. The molecule has 0 aliphatic heterocycles. The number of nitrogens with zero attached hydrogens (tertiary/aromatic N) is 1. The minimum absolute atomic E-state index is 1.08. The quantitative estimate of drug-likeness (QED) is 0.602. The van der Waals surface area contributed by atoms with E-state index in [0.717, 1.165) is 17.3 Å². The Bertz CT molecular complexity index is 205. The van der Waals surface area contributed by atoms with E-state index < -0.39 is 0 Å². The van der Waals surface area contributed by atoms with Gasteiger partial charge in [-0.2, -0.15) is 0 Å². The van der Waals surface area contributed by atoms with Gasteiger partial charge in [0.25, 0.3) is 0 Å². The van der Waals surface area contributed by atoms with Crippen LogP contribution in [0, 0.1) is 0 Å². The number of aromatic nitrogens is 1. The number of alkyl halides is 1. The molecule has 0 amide bonds. The van der Waals surface area contributed by atoms with Crippen molar-refractivity contribution < 1.29 is 0 Å². The number of pyridine rings is 1. The Hall–Kier alpha value is -0.120. The molecule has 1 aromatic heterocycles. The Morgan fingerprint density at radius 1 is 1.45 bits per heavy atom. The number of rotatable bonds is 3. The molecule has 0 atom stereocenters. The summed E-state index contributed by atoms with van der Waals surface area (Å²) in [6.45, 7) is 2.15. The zero-order chi connectivity index (χ0) is 8.10. The molecular weight excluding hydrogens is 249 g/mol. The van der Waals surface area contributed by atoms with E-state index in [1.807, 2.05) is 6.20 Å². The van der Waals surface area contributed by atoms with Crippen molar-refractivity contribution >= 4 is 22.6 Å². The van der Waals surface area contributed by atoms with Crippen LogP contribution in [-0.2, 0) is 12.8 Å². The maximum atomic E-state index is 4.33. The van der Waals surface area contributed by atoms with Gasteiger partial charge in [-0.05, 0) is 24.5 Å². The Kier molecular flexibility index (Phi) is 3.83. The molecule has 0 bridgehead atoms. The molecule has 1 aromatic rings. The third-order valence-electron chi connectivity index (χ3n) is 1.64. The summed E-state index contributed by atoms with van der Waals surface area (Å²) in [7, 11) is 0. The van der Waals surface area contributed by atoms with Crippen molar-refractivity contribution in [1.82, 2.24) is 4.98 Å². The number of hydrogen-bond donors (Lipinski definition) is 0. The molecule has 0 fully saturated rings. The van der Waals surface area contributed by atoms with Crippen molar-refractivity contribution in [3.05, 3.63) is 29.6 Å². The van der Waals surface area contributed by atoms with Crippen molar-refractivity contribution in [1.29, 1.82) is 0 Å². The predicted octanol–water partition coefficient (Wildman–Crippen LogP) is 2.62. The monoisotopic (exact) mass is 261 g/mol. The fourth-order valence-corrected chi connectivity index (χ4v) is 1.46. The summed E-state index contributed by atoms with van der Waals surface area (Å²) >= 11 is 2.37. The zero-order valence-corrected chi connectivity index (χ0v) is 8.84. The lowest BCUT2D eigenvalue weighted by Gasteiger charge is -1.98. The highest BCUT2D eigenvalue weighted by Gasteiger charge is 1.92. The molecule has 1 nitrogen and oxygen atoms in total. The number of halogens is 1. The van der Waals surface area contributed by atoms with E-state index >= 15 is 0 Å². The van der Waals surface area contributed by atoms with Crippen LogP contribution in [0.3, 0.4) is 0 Å². The highest BCUT2D eigenvalue weighted by Crippen LogP contribution is 2.02. The van der Waals surface area contributed by atoms with Crippen molar-refractivity contribution in [2.24, 2.45) is 0 Å². The second-order valence-electron chi connectivity index (χ2n) is 2.45. The van der Waals surface area contributed by atoms with Crippen LogP contribution in [0.2, 0.25) is 0 Å². The van der Waals surface area contributed by atoms with Gasteiger partial charge < -0.3 is 0 Å². The second kappa shape index (κ2) is 4.70. The molecule has 1 heterocycles. The first-order chi connectivity index (χ1) is 5.36. The van der Waals surface area contributed by atoms with Crippen LogP contribution >= 0.6 is 22.6 Å². The Labute approximate surface area is 81.4 Å². The Morgan fingerprint density at radius 2 is 2.27 bits per heavy atom. The molecule has 0 N–H and O–H groups in total. The summed E-state index contributed by atoms with van der Waals surface area (Å²) in [5, 5.41) is 0. The topological polar surface area (TPSA) is 12.9 Å². The SMILES string of the molecule is CCc1ccc(CCI)nc1. The molecule has 0 spiro atoms. The lowest BCUT2D eigenvalue weighted by atomic mass is 10.2. The number of hydrogen-bond acceptors (Lipinski definition) is 1. The largest absolute Gasteiger partial charge is 0.261 e. The van der Waals surface area contributed by atoms with Crippen molar-refractivity contribution in [2.75, 3.05) is 4.43 Å². The van der Waals surface area contributed by atoms with Gasteiger partial charge in [-0.1, -0.05) is 35.6 Å². The van der Waals surface area contributed by atoms with Gasteiger partial charge in [0.2, 0.25) is 0 Å². The van der Waals surface area contributed by atoms with Crippen molar-refractivity contribution in [3.8, 4) is 0 Å². The van der Waals surface area contributed by atoms with Crippen LogP contribution in [-0.4, -0.2) is 9.41 Å². The highest BCUT2D eigenvalue weighted by atomic mass is 127. The first kappa shape index (κ1) is 8.97. The maximum absolute atomic E-state index is 4.33. The van der Waals surface area contributed by atoms with Crippen molar-refractivity contribution in [2.45, 2.75) is 19.8 Å². The minimum atomic E-state index is 1.08. The standard InChI is InChI=1S/C9H12IN/c1-2-8-3-4-9(5-6-10)11-7-8/h3-4,7H,2,5-6H2,1H3. The van der Waals surface area contributed by atoms with E-state index in [2.05, 4.69) is 46.6 Å². The third-order valence-corrected chi connectivity index (χ3v) is 2.18. The summed E-state index contributed by atoms with van der Waals surface area (Å²) in [4.78, 5) is 4.33. The molecule has 0 saturated heterocycles. The summed E-state index contributed by atoms with van der Waals surface area (Å²) in [6.07, 6.45) is 4.14. The average molecular weight is 261 g/mol. The van der Waals surface area contributed by atoms with Crippen LogP contribution in [0.5, 0.6) is 0 Å². The van der Waals surface area contributed by atoms with Crippen LogP contribution < -0.4 is 0 Å². The van der Waals surface area contributed by atoms with E-state index in [1.165, 1.54) is 11.3 Å². The lowest BCUT2D eigenvalue weighted by molar-refractivity contribution is 1.02. The molecule has 1 rings (SSSR count). The molecule has 0 unspecified atom stereocenters. The van der Waals surface area contributed by atoms with Crippen LogP contribution in [0.4, 0.5) is 0 Å². The van der Waals surface area contributed by atoms with Crippen molar-refractivity contribution in [3.63, 3.8) is 0 Å². The molecule has 0 aliphatic carbocycles. The summed E-state index contributed by atoms with van der Waals surface area (Å²) in [5.74, 6) is 0. The van der Waals surface area contributed by atoms with Gasteiger partial charge in [-0.15, -0.1) is 0 Å². The summed E-state index contributed by atoms with van der Waals surface area (Å²) in [5.41, 5.74) is 2.53. The van der Waals surface area contributed by atoms with Gasteiger partial charge in [0.15, 0.2) is 0 Å². The van der Waals surface area contributed by atoms with E-state index in [1.54, 1.807) is 0 Å². The Balaban J connectivity index is 2.66. The number of aryl methyl sites for hydroxylation is 2.